The first kappa shape index (κ1) is 14.9. The Balaban J connectivity index is 2.47. The number of rotatable bonds is 7. The fourth-order valence-corrected chi connectivity index (χ4v) is 1.22. The monoisotopic (exact) mass is 272 g/mol. The van der Waals surface area contributed by atoms with Gasteiger partial charge in [0.1, 0.15) is 18.3 Å². The van der Waals surface area contributed by atoms with Crippen LogP contribution in [0.4, 0.5) is 0 Å². The molecule has 1 aliphatic rings. The Labute approximate surface area is 109 Å². The summed E-state index contributed by atoms with van der Waals surface area (Å²) in [5.41, 5.74) is 2.24. The van der Waals surface area contributed by atoms with Gasteiger partial charge < -0.3 is 20.5 Å². The lowest BCUT2D eigenvalue weighted by Gasteiger charge is -2.18. The second kappa shape index (κ2) is 6.16. The molecule has 106 valence electrons. The van der Waals surface area contributed by atoms with E-state index in [2.05, 4.69) is 16.1 Å². The lowest BCUT2D eigenvalue weighted by Crippen LogP contribution is -2.54. The van der Waals surface area contributed by atoms with E-state index in [1.165, 1.54) is 20.1 Å². The molecule has 0 spiro atoms. The summed E-state index contributed by atoms with van der Waals surface area (Å²) in [6, 6.07) is -2.80. The maximum atomic E-state index is 11.7. The van der Waals surface area contributed by atoms with E-state index in [0.29, 0.717) is 5.76 Å². The minimum Gasteiger partial charge on any atom is -0.480 e. The van der Waals surface area contributed by atoms with Crippen LogP contribution in [0.1, 0.15) is 13.8 Å². The fourth-order valence-electron chi connectivity index (χ4n) is 1.22. The van der Waals surface area contributed by atoms with Gasteiger partial charge in [0.2, 0.25) is 11.8 Å². The summed E-state index contributed by atoms with van der Waals surface area (Å²) in [6.45, 7) is 2.75. The van der Waals surface area contributed by atoms with Crippen molar-refractivity contribution in [3.05, 3.63) is 12.0 Å². The number of carboxylic acid groups (broad SMARTS) is 1. The Morgan fingerprint density at radius 3 is 2.16 bits per heavy atom. The standard InChI is InChI=1S/C10H16N4O5/c1-4(8(15)13-5(2)10(17)18)12-9(16)7(14-11)6-3-19-6/h3-5,7,14H,11H2,1-2H3,(H,12,16)(H,13,15)(H,17,18). The molecule has 1 aliphatic heterocycles. The highest BCUT2D eigenvalue weighted by molar-refractivity contribution is 5.92. The Bertz CT molecular complexity index is 422. The molecule has 1 heterocycles. The minimum atomic E-state index is -1.16. The molecular formula is C10H16N4O5. The normalized spacial score (nSPS) is 17.3. The van der Waals surface area contributed by atoms with Gasteiger partial charge in [0.05, 0.1) is 0 Å². The summed E-state index contributed by atoms with van der Waals surface area (Å²) < 4.78 is 4.73. The van der Waals surface area contributed by atoms with Crippen LogP contribution in [-0.2, 0) is 19.1 Å². The number of amides is 2. The minimum absolute atomic E-state index is 0.367. The first-order valence-electron chi connectivity index (χ1n) is 5.53. The van der Waals surface area contributed by atoms with Gasteiger partial charge in [-0.05, 0) is 13.8 Å². The number of carbonyl (C=O) groups excluding carboxylic acids is 2. The third kappa shape index (κ3) is 4.23. The molecule has 0 aliphatic carbocycles. The van der Waals surface area contributed by atoms with E-state index in [-0.39, 0.29) is 0 Å². The number of ether oxygens (including phenoxy) is 1. The summed E-state index contributed by atoms with van der Waals surface area (Å²) in [5.74, 6) is 3.23. The summed E-state index contributed by atoms with van der Waals surface area (Å²) >= 11 is 0. The fraction of sp³-hybridized carbons (Fsp3) is 0.500. The van der Waals surface area contributed by atoms with Crippen LogP contribution in [0.5, 0.6) is 0 Å². The van der Waals surface area contributed by atoms with Gasteiger partial charge in [0, 0.05) is 0 Å². The average Bonchev–Trinajstić information content (AvgIpc) is 3.13. The van der Waals surface area contributed by atoms with Gasteiger partial charge in [0.15, 0.2) is 11.8 Å². The molecule has 9 nitrogen and oxygen atoms in total. The highest BCUT2D eigenvalue weighted by atomic mass is 16.5. The van der Waals surface area contributed by atoms with Crippen molar-refractivity contribution in [2.45, 2.75) is 32.0 Å². The number of nitrogens with one attached hydrogen (secondary N) is 3. The number of hydrazine groups is 1. The largest absolute Gasteiger partial charge is 0.480 e. The summed E-state index contributed by atoms with van der Waals surface area (Å²) in [7, 11) is 0. The van der Waals surface area contributed by atoms with Gasteiger partial charge in [-0.2, -0.15) is 0 Å². The summed E-state index contributed by atoms with van der Waals surface area (Å²) in [4.78, 5) is 33.9. The second-order valence-corrected chi connectivity index (χ2v) is 4.04. The zero-order chi connectivity index (χ0) is 14.6. The van der Waals surface area contributed by atoms with Crippen LogP contribution in [0, 0.1) is 0 Å². The Morgan fingerprint density at radius 2 is 1.74 bits per heavy atom. The molecule has 0 aromatic heterocycles. The SMILES string of the molecule is CC(NC(=O)C(C)NC(=O)C(NN)C1=CO1)C(=O)O. The van der Waals surface area contributed by atoms with Crippen molar-refractivity contribution in [2.24, 2.45) is 5.84 Å². The van der Waals surface area contributed by atoms with Gasteiger partial charge in [-0.25, -0.2) is 5.43 Å². The van der Waals surface area contributed by atoms with Gasteiger partial charge in [-0.1, -0.05) is 0 Å². The van der Waals surface area contributed by atoms with E-state index in [4.69, 9.17) is 15.7 Å². The maximum absolute atomic E-state index is 11.7. The predicted octanol–water partition coefficient (Wildman–Crippen LogP) is -2.22. The highest BCUT2D eigenvalue weighted by Crippen LogP contribution is 2.17. The number of hydrogen-bond donors (Lipinski definition) is 5. The third-order valence-corrected chi connectivity index (χ3v) is 2.45. The van der Waals surface area contributed by atoms with Gasteiger partial charge in [-0.15, -0.1) is 0 Å². The van der Waals surface area contributed by atoms with Gasteiger partial charge in [0.25, 0.3) is 0 Å². The molecule has 0 aromatic carbocycles. The first-order chi connectivity index (χ1) is 8.86. The molecule has 6 N–H and O–H groups in total. The Morgan fingerprint density at radius 1 is 1.21 bits per heavy atom. The molecular weight excluding hydrogens is 256 g/mol. The maximum Gasteiger partial charge on any atom is 0.325 e. The average molecular weight is 272 g/mol. The number of carbonyl (C=O) groups is 3. The molecule has 1 rings (SSSR count). The van der Waals surface area contributed by atoms with Gasteiger partial charge >= 0.3 is 5.97 Å². The van der Waals surface area contributed by atoms with Crippen LogP contribution in [0.3, 0.4) is 0 Å². The van der Waals surface area contributed by atoms with Crippen LogP contribution < -0.4 is 21.9 Å². The van der Waals surface area contributed by atoms with Crippen LogP contribution in [0.2, 0.25) is 0 Å². The van der Waals surface area contributed by atoms with Crippen molar-refractivity contribution in [1.82, 2.24) is 16.1 Å². The molecule has 0 saturated carbocycles. The summed E-state index contributed by atoms with van der Waals surface area (Å²) in [5, 5.41) is 13.3. The Hall–Kier alpha value is -2.13. The molecule has 9 heteroatoms. The van der Waals surface area contributed by atoms with Crippen LogP contribution in [-0.4, -0.2) is 41.0 Å². The van der Waals surface area contributed by atoms with E-state index in [9.17, 15) is 14.4 Å². The number of nitrogens with two attached hydrogens (primary N) is 1. The van der Waals surface area contributed by atoms with E-state index < -0.39 is 35.9 Å². The summed E-state index contributed by atoms with van der Waals surface area (Å²) in [6.07, 6.45) is 1.35. The van der Waals surface area contributed by atoms with Crippen LogP contribution in [0.25, 0.3) is 0 Å². The van der Waals surface area contributed by atoms with E-state index in [0.717, 1.165) is 0 Å². The molecule has 0 fully saturated rings. The molecule has 2 amide bonds. The lowest BCUT2D eigenvalue weighted by atomic mass is 10.2. The highest BCUT2D eigenvalue weighted by Gasteiger charge is 2.31. The molecule has 3 atom stereocenters. The molecule has 0 aromatic rings. The molecule has 0 radical (unpaired) electrons. The van der Waals surface area contributed by atoms with Crippen LogP contribution in [0.15, 0.2) is 12.0 Å². The van der Waals surface area contributed by atoms with Crippen molar-refractivity contribution in [2.75, 3.05) is 0 Å². The zero-order valence-corrected chi connectivity index (χ0v) is 10.5. The Kier molecular flexibility index (Phi) is 4.84. The van der Waals surface area contributed by atoms with Crippen molar-refractivity contribution in [3.63, 3.8) is 0 Å². The second-order valence-electron chi connectivity index (χ2n) is 4.04. The molecule has 19 heavy (non-hydrogen) atoms. The topological polar surface area (TPSA) is 146 Å². The van der Waals surface area contributed by atoms with Gasteiger partial charge in [-0.3, -0.25) is 20.2 Å². The van der Waals surface area contributed by atoms with E-state index in [1.807, 2.05) is 0 Å². The van der Waals surface area contributed by atoms with Crippen molar-refractivity contribution in [1.29, 1.82) is 0 Å². The molecule has 0 saturated heterocycles. The first-order valence-corrected chi connectivity index (χ1v) is 5.53. The lowest BCUT2D eigenvalue weighted by molar-refractivity contribution is -0.141. The third-order valence-electron chi connectivity index (χ3n) is 2.45. The van der Waals surface area contributed by atoms with Crippen molar-refractivity contribution < 1.29 is 24.2 Å². The zero-order valence-electron chi connectivity index (χ0n) is 10.5. The number of aliphatic carboxylic acids is 1. The van der Waals surface area contributed by atoms with Crippen molar-refractivity contribution in [3.8, 4) is 0 Å². The van der Waals surface area contributed by atoms with E-state index >= 15 is 0 Å². The van der Waals surface area contributed by atoms with E-state index in [1.54, 1.807) is 0 Å². The van der Waals surface area contributed by atoms with Crippen LogP contribution >= 0.6 is 0 Å². The smallest absolute Gasteiger partial charge is 0.325 e. The number of carboxylic acids is 1. The number of hydrogen-bond acceptors (Lipinski definition) is 6. The van der Waals surface area contributed by atoms with Crippen molar-refractivity contribution >= 4 is 17.8 Å². The quantitative estimate of drug-likeness (QED) is 0.260. The predicted molar refractivity (Wildman–Crippen MR) is 63.1 cm³/mol. The molecule has 3 unspecified atom stereocenters. The molecule has 0 bridgehead atoms.